The summed E-state index contributed by atoms with van der Waals surface area (Å²) in [4.78, 5) is 25.2. The van der Waals surface area contributed by atoms with Crippen molar-refractivity contribution in [2.45, 2.75) is 31.9 Å². The predicted molar refractivity (Wildman–Crippen MR) is 81.8 cm³/mol. The van der Waals surface area contributed by atoms with Gasteiger partial charge in [0, 0.05) is 25.2 Å². The van der Waals surface area contributed by atoms with Crippen molar-refractivity contribution < 1.29 is 27.5 Å². The van der Waals surface area contributed by atoms with Crippen LogP contribution in [0.5, 0.6) is 0 Å². The minimum Gasteiger partial charge on any atom is -0.440 e. The number of alkyl halides is 3. The summed E-state index contributed by atoms with van der Waals surface area (Å²) < 4.78 is 39.8. The minimum absolute atomic E-state index is 0.00451. The molecule has 0 saturated carbocycles. The maximum atomic E-state index is 12.4. The van der Waals surface area contributed by atoms with Crippen molar-refractivity contribution in [3.8, 4) is 0 Å². The van der Waals surface area contributed by atoms with Gasteiger partial charge in [0.1, 0.15) is 0 Å². The Morgan fingerprint density at radius 2 is 1.96 bits per heavy atom. The van der Waals surface area contributed by atoms with Gasteiger partial charge in [-0.2, -0.15) is 13.2 Å². The molecule has 2 amide bonds. The molecule has 0 spiro atoms. The second-order valence-corrected chi connectivity index (χ2v) is 5.50. The highest BCUT2D eigenvalue weighted by Crippen LogP contribution is 2.26. The summed E-state index contributed by atoms with van der Waals surface area (Å²) in [5, 5.41) is 2.16. The van der Waals surface area contributed by atoms with Crippen molar-refractivity contribution in [3.05, 3.63) is 29.8 Å². The molecule has 0 bridgehead atoms. The van der Waals surface area contributed by atoms with Crippen LogP contribution in [0.15, 0.2) is 24.3 Å². The number of ether oxygens (including phenoxy) is 1. The molecule has 8 heteroatoms. The number of carbonyl (C=O) groups is 2. The number of halogens is 3. The van der Waals surface area contributed by atoms with E-state index in [4.69, 9.17) is 0 Å². The highest BCUT2D eigenvalue weighted by Gasteiger charge is 2.29. The Morgan fingerprint density at radius 3 is 2.71 bits per heavy atom. The number of carbonyl (C=O) groups excluding carboxylic acids is 2. The zero-order valence-corrected chi connectivity index (χ0v) is 13.1. The average molecular weight is 344 g/mol. The van der Waals surface area contributed by atoms with Gasteiger partial charge in [-0.15, -0.1) is 0 Å². The number of nitrogens with zero attached hydrogens (tertiary/aromatic N) is 1. The van der Waals surface area contributed by atoms with Crippen molar-refractivity contribution in [1.82, 2.24) is 5.32 Å². The van der Waals surface area contributed by atoms with E-state index >= 15 is 0 Å². The van der Waals surface area contributed by atoms with E-state index in [1.165, 1.54) is 0 Å². The summed E-state index contributed by atoms with van der Waals surface area (Å²) in [6.45, 7) is -1.13. The number of anilines is 1. The molecule has 0 radical (unpaired) electrons. The monoisotopic (exact) mass is 344 g/mol. The number of rotatable bonds is 4. The summed E-state index contributed by atoms with van der Waals surface area (Å²) in [7, 11) is 0. The van der Waals surface area contributed by atoms with Crippen LogP contribution < -0.4 is 10.2 Å². The van der Waals surface area contributed by atoms with E-state index in [0.29, 0.717) is 6.54 Å². The van der Waals surface area contributed by atoms with E-state index in [0.717, 1.165) is 30.5 Å². The van der Waals surface area contributed by atoms with Gasteiger partial charge in [-0.05, 0) is 30.9 Å². The first-order valence-corrected chi connectivity index (χ1v) is 7.72. The van der Waals surface area contributed by atoms with Crippen LogP contribution in [-0.4, -0.2) is 37.9 Å². The van der Waals surface area contributed by atoms with Crippen LogP contribution in [0.25, 0.3) is 0 Å². The fraction of sp³-hybridized carbons (Fsp3) is 0.500. The lowest BCUT2D eigenvalue weighted by Gasteiger charge is -2.23. The summed E-state index contributed by atoms with van der Waals surface area (Å²) in [5.41, 5.74) is 1.96. The zero-order chi connectivity index (χ0) is 17.6. The molecular weight excluding hydrogens is 325 g/mol. The zero-order valence-electron chi connectivity index (χ0n) is 13.1. The Morgan fingerprint density at radius 1 is 1.21 bits per heavy atom. The van der Waals surface area contributed by atoms with Gasteiger partial charge in [0.15, 0.2) is 6.61 Å². The third-order valence-corrected chi connectivity index (χ3v) is 3.64. The third kappa shape index (κ3) is 5.43. The van der Waals surface area contributed by atoms with Crippen molar-refractivity contribution >= 4 is 17.7 Å². The van der Waals surface area contributed by atoms with Crippen LogP contribution in [-0.2, 0) is 16.0 Å². The lowest BCUT2D eigenvalue weighted by atomic mass is 10.1. The molecule has 1 N–H and O–H groups in total. The maximum absolute atomic E-state index is 12.4. The van der Waals surface area contributed by atoms with Crippen LogP contribution in [0.2, 0.25) is 0 Å². The molecule has 0 fully saturated rings. The first-order valence-electron chi connectivity index (χ1n) is 7.72. The lowest BCUT2D eigenvalue weighted by molar-refractivity contribution is -0.160. The van der Waals surface area contributed by atoms with E-state index in [-0.39, 0.29) is 18.9 Å². The van der Waals surface area contributed by atoms with Gasteiger partial charge < -0.3 is 15.0 Å². The van der Waals surface area contributed by atoms with Gasteiger partial charge >= 0.3 is 12.3 Å². The van der Waals surface area contributed by atoms with Crippen LogP contribution in [0.4, 0.5) is 23.7 Å². The maximum Gasteiger partial charge on any atom is 0.422 e. The van der Waals surface area contributed by atoms with Crippen molar-refractivity contribution in [1.29, 1.82) is 0 Å². The summed E-state index contributed by atoms with van der Waals surface area (Å²) >= 11 is 0. The molecule has 0 aliphatic carbocycles. The number of aryl methyl sites for hydroxylation is 1. The Kier molecular flexibility index (Phi) is 6.05. The third-order valence-electron chi connectivity index (χ3n) is 3.64. The number of benzene rings is 1. The van der Waals surface area contributed by atoms with Gasteiger partial charge in [-0.25, -0.2) is 4.79 Å². The highest BCUT2D eigenvalue weighted by atomic mass is 19.4. The predicted octanol–water partition coefficient (Wildman–Crippen LogP) is 3.03. The van der Waals surface area contributed by atoms with Crippen LogP contribution in [0.3, 0.4) is 0 Å². The largest absolute Gasteiger partial charge is 0.440 e. The molecule has 0 saturated heterocycles. The first-order chi connectivity index (χ1) is 11.4. The van der Waals surface area contributed by atoms with Gasteiger partial charge in [0.2, 0.25) is 5.91 Å². The number of hydrogen-bond acceptors (Lipinski definition) is 3. The average Bonchev–Trinajstić information content (AvgIpc) is 2.74. The van der Waals surface area contributed by atoms with Gasteiger partial charge in [-0.1, -0.05) is 18.2 Å². The molecule has 24 heavy (non-hydrogen) atoms. The SMILES string of the molecule is O=C(NCCC(=O)N1CCCCc2ccccc21)OCC(F)(F)F. The summed E-state index contributed by atoms with van der Waals surface area (Å²) in [5.74, 6) is -0.180. The summed E-state index contributed by atoms with van der Waals surface area (Å²) in [6.07, 6.45) is -2.98. The van der Waals surface area contributed by atoms with Crippen LogP contribution in [0.1, 0.15) is 24.8 Å². The first kappa shape index (κ1) is 18.1. The number of alkyl carbamates (subject to hydrolysis) is 1. The molecule has 0 aromatic heterocycles. The van der Waals surface area contributed by atoms with Crippen LogP contribution >= 0.6 is 0 Å². The Labute approximate surface area is 137 Å². The number of para-hydroxylation sites is 1. The molecule has 0 unspecified atom stereocenters. The Balaban J connectivity index is 1.83. The van der Waals surface area contributed by atoms with Gasteiger partial charge in [0.25, 0.3) is 0 Å². The fourth-order valence-corrected chi connectivity index (χ4v) is 2.56. The van der Waals surface area contributed by atoms with Crippen molar-refractivity contribution in [2.75, 3.05) is 24.6 Å². The molecular formula is C16H19F3N2O3. The second kappa shape index (κ2) is 8.03. The number of amides is 2. The molecule has 5 nitrogen and oxygen atoms in total. The van der Waals surface area contributed by atoms with Crippen molar-refractivity contribution in [2.24, 2.45) is 0 Å². The highest BCUT2D eigenvalue weighted by molar-refractivity contribution is 5.94. The number of fused-ring (bicyclic) bond motifs is 1. The van der Waals surface area contributed by atoms with Gasteiger partial charge in [0.05, 0.1) is 0 Å². The summed E-state index contributed by atoms with van der Waals surface area (Å²) in [6, 6.07) is 7.64. The van der Waals surface area contributed by atoms with E-state index < -0.39 is 18.9 Å². The minimum atomic E-state index is -4.57. The molecule has 0 atom stereocenters. The van der Waals surface area contributed by atoms with E-state index in [2.05, 4.69) is 10.1 Å². The number of nitrogens with one attached hydrogen (secondary N) is 1. The molecule has 132 valence electrons. The van der Waals surface area contributed by atoms with Gasteiger partial charge in [-0.3, -0.25) is 4.79 Å². The molecule has 1 aliphatic heterocycles. The molecule has 2 rings (SSSR count). The second-order valence-electron chi connectivity index (χ2n) is 5.50. The topological polar surface area (TPSA) is 58.6 Å². The molecule has 1 heterocycles. The molecule has 1 aliphatic rings. The Bertz CT molecular complexity index is 590. The van der Waals surface area contributed by atoms with Crippen molar-refractivity contribution in [3.63, 3.8) is 0 Å². The normalized spacial score (nSPS) is 14.5. The van der Waals surface area contributed by atoms with E-state index in [1.807, 2.05) is 24.3 Å². The Hall–Kier alpha value is -2.25. The molecule has 1 aromatic rings. The fourth-order valence-electron chi connectivity index (χ4n) is 2.56. The lowest BCUT2D eigenvalue weighted by Crippen LogP contribution is -2.36. The number of hydrogen-bond donors (Lipinski definition) is 1. The molecule has 1 aromatic carbocycles. The van der Waals surface area contributed by atoms with Crippen LogP contribution in [0, 0.1) is 0 Å². The smallest absolute Gasteiger partial charge is 0.422 e. The standard InChI is InChI=1S/C16H19F3N2O3/c17-16(18,19)11-24-15(23)20-9-8-14(22)21-10-4-3-6-12-5-1-2-7-13(12)21/h1-2,5,7H,3-4,6,8-11H2,(H,20,23). The van der Waals surface area contributed by atoms with E-state index in [1.54, 1.807) is 4.90 Å². The van der Waals surface area contributed by atoms with E-state index in [9.17, 15) is 22.8 Å². The quantitative estimate of drug-likeness (QED) is 0.913.